The molecule has 9 heteroatoms. The second-order valence-electron chi connectivity index (χ2n) is 8.85. The molecule has 0 radical (unpaired) electrons. The van der Waals surface area contributed by atoms with Crippen LogP contribution in [0.3, 0.4) is 0 Å². The van der Waals surface area contributed by atoms with Gasteiger partial charge in [0.1, 0.15) is 6.29 Å². The van der Waals surface area contributed by atoms with Gasteiger partial charge < -0.3 is 16.0 Å². The van der Waals surface area contributed by atoms with E-state index in [2.05, 4.69) is 38.3 Å². The number of amides is 3. The lowest BCUT2D eigenvalue weighted by Gasteiger charge is -2.47. The molecule has 3 heterocycles. The summed E-state index contributed by atoms with van der Waals surface area (Å²) in [6.45, 7) is 3.28. The fourth-order valence-corrected chi connectivity index (χ4v) is 5.14. The molecule has 4 N–H and O–H groups in total. The molecular weight excluding hydrogens is 442 g/mol. The largest absolute Gasteiger partial charge is 0.340 e. The van der Waals surface area contributed by atoms with Crippen LogP contribution in [0.15, 0.2) is 42.5 Å². The van der Waals surface area contributed by atoms with Gasteiger partial charge in [0.15, 0.2) is 0 Å². The second-order valence-corrected chi connectivity index (χ2v) is 9.26. The predicted molar refractivity (Wildman–Crippen MR) is 124 cm³/mol. The van der Waals surface area contributed by atoms with E-state index >= 15 is 0 Å². The zero-order valence-corrected chi connectivity index (χ0v) is 19.0. The molecule has 0 aliphatic carbocycles. The Labute approximate surface area is 197 Å². The standard InChI is InChI=1S/C24H26ClN5O3/c1-13-17(25)7-4-8-18(13)26-22(32)16-11-19(31)27-21-20(16)23(33)29-24(28-21)30-10-9-14-5-2-3-6-15(14)12-30/h2-8,16,20-21,24,28H,9-12H2,1H3,(H,26,32)(H,27,31)(H,29,33). The van der Waals surface area contributed by atoms with Gasteiger partial charge in [-0.2, -0.15) is 0 Å². The highest BCUT2D eigenvalue weighted by Gasteiger charge is 2.49. The Bertz CT molecular complexity index is 1120. The minimum atomic E-state index is -0.794. The molecule has 4 unspecified atom stereocenters. The number of benzene rings is 2. The van der Waals surface area contributed by atoms with Gasteiger partial charge in [-0.3, -0.25) is 24.6 Å². The normalized spacial score (nSPS) is 27.1. The third kappa shape index (κ3) is 4.21. The van der Waals surface area contributed by atoms with Gasteiger partial charge >= 0.3 is 0 Å². The molecule has 2 saturated heterocycles. The molecule has 3 aliphatic heterocycles. The number of rotatable bonds is 3. The van der Waals surface area contributed by atoms with Gasteiger partial charge in [0.25, 0.3) is 0 Å². The van der Waals surface area contributed by atoms with Crippen molar-refractivity contribution in [2.45, 2.75) is 38.8 Å². The van der Waals surface area contributed by atoms with E-state index in [4.69, 9.17) is 11.6 Å². The molecule has 3 aliphatic rings. The van der Waals surface area contributed by atoms with Crippen LogP contribution < -0.4 is 21.3 Å². The van der Waals surface area contributed by atoms with Crippen molar-refractivity contribution in [2.75, 3.05) is 11.9 Å². The monoisotopic (exact) mass is 467 g/mol. The summed E-state index contributed by atoms with van der Waals surface area (Å²) in [5, 5.41) is 12.6. The maximum absolute atomic E-state index is 13.2. The van der Waals surface area contributed by atoms with Crippen molar-refractivity contribution >= 4 is 35.0 Å². The lowest BCUT2D eigenvalue weighted by Crippen LogP contribution is -2.74. The van der Waals surface area contributed by atoms with E-state index in [-0.39, 0.29) is 24.1 Å². The van der Waals surface area contributed by atoms with Crippen LogP contribution in [0.25, 0.3) is 0 Å². The van der Waals surface area contributed by atoms with Crippen molar-refractivity contribution in [3.05, 3.63) is 64.2 Å². The van der Waals surface area contributed by atoms with Crippen LogP contribution in [-0.4, -0.2) is 41.6 Å². The minimum Gasteiger partial charge on any atom is -0.340 e. The zero-order valence-electron chi connectivity index (χ0n) is 18.2. The molecule has 2 fully saturated rings. The number of fused-ring (bicyclic) bond motifs is 2. The summed E-state index contributed by atoms with van der Waals surface area (Å²) in [4.78, 5) is 40.9. The third-order valence-corrected chi connectivity index (χ3v) is 7.23. The summed E-state index contributed by atoms with van der Waals surface area (Å²) in [6.07, 6.45) is -0.221. The molecule has 0 spiro atoms. The molecule has 33 heavy (non-hydrogen) atoms. The first-order valence-electron chi connectivity index (χ1n) is 11.1. The zero-order chi connectivity index (χ0) is 23.1. The summed E-state index contributed by atoms with van der Waals surface area (Å²) in [7, 11) is 0. The van der Waals surface area contributed by atoms with E-state index in [1.807, 2.05) is 19.1 Å². The van der Waals surface area contributed by atoms with Gasteiger partial charge in [-0.25, -0.2) is 0 Å². The van der Waals surface area contributed by atoms with E-state index in [1.54, 1.807) is 18.2 Å². The molecule has 3 amide bonds. The first kappa shape index (κ1) is 21.9. The maximum Gasteiger partial charge on any atom is 0.229 e. The summed E-state index contributed by atoms with van der Waals surface area (Å²) in [5.41, 5.74) is 3.85. The quantitative estimate of drug-likeness (QED) is 0.550. The van der Waals surface area contributed by atoms with Crippen molar-refractivity contribution in [2.24, 2.45) is 11.8 Å². The Balaban J connectivity index is 1.32. The molecular formula is C24H26ClN5O3. The van der Waals surface area contributed by atoms with E-state index < -0.39 is 24.3 Å². The predicted octanol–water partition coefficient (Wildman–Crippen LogP) is 1.73. The number of carbonyl (C=O) groups excluding carboxylic acids is 3. The summed E-state index contributed by atoms with van der Waals surface area (Å²) >= 11 is 6.17. The number of nitrogens with zero attached hydrogens (tertiary/aromatic N) is 1. The van der Waals surface area contributed by atoms with Crippen LogP contribution in [0.2, 0.25) is 5.02 Å². The van der Waals surface area contributed by atoms with E-state index in [1.165, 1.54) is 11.1 Å². The van der Waals surface area contributed by atoms with Crippen LogP contribution in [0.5, 0.6) is 0 Å². The van der Waals surface area contributed by atoms with Gasteiger partial charge in [-0.15, -0.1) is 0 Å². The van der Waals surface area contributed by atoms with E-state index in [0.29, 0.717) is 17.3 Å². The van der Waals surface area contributed by atoms with Gasteiger partial charge in [-0.1, -0.05) is 41.9 Å². The van der Waals surface area contributed by atoms with E-state index in [9.17, 15) is 14.4 Å². The molecule has 4 atom stereocenters. The highest BCUT2D eigenvalue weighted by atomic mass is 35.5. The van der Waals surface area contributed by atoms with Gasteiger partial charge in [0.05, 0.1) is 18.0 Å². The highest BCUT2D eigenvalue weighted by molar-refractivity contribution is 6.31. The van der Waals surface area contributed by atoms with Gasteiger partial charge in [0, 0.05) is 30.2 Å². The number of halogens is 1. The van der Waals surface area contributed by atoms with Crippen molar-refractivity contribution in [1.82, 2.24) is 20.9 Å². The van der Waals surface area contributed by atoms with Crippen molar-refractivity contribution in [1.29, 1.82) is 0 Å². The maximum atomic E-state index is 13.2. The number of carbonyl (C=O) groups is 3. The Morgan fingerprint density at radius 3 is 2.70 bits per heavy atom. The van der Waals surface area contributed by atoms with Crippen LogP contribution in [0, 0.1) is 18.8 Å². The molecule has 0 aromatic heterocycles. The molecule has 5 rings (SSSR count). The number of hydrogen-bond acceptors (Lipinski definition) is 5. The lowest BCUT2D eigenvalue weighted by molar-refractivity contribution is -0.147. The van der Waals surface area contributed by atoms with Crippen molar-refractivity contribution < 1.29 is 14.4 Å². The Morgan fingerprint density at radius 1 is 1.09 bits per heavy atom. The van der Waals surface area contributed by atoms with Crippen LogP contribution in [0.4, 0.5) is 5.69 Å². The Morgan fingerprint density at radius 2 is 1.88 bits per heavy atom. The average molecular weight is 468 g/mol. The SMILES string of the molecule is Cc1c(Cl)cccc1NC(=O)C1CC(=O)NC2NC(N3CCc4ccccc4C3)NC(=O)C21. The van der Waals surface area contributed by atoms with Crippen LogP contribution >= 0.6 is 11.6 Å². The molecule has 172 valence electrons. The first-order valence-corrected chi connectivity index (χ1v) is 11.5. The summed E-state index contributed by atoms with van der Waals surface area (Å²) < 4.78 is 0. The van der Waals surface area contributed by atoms with Gasteiger partial charge in [-0.05, 0) is 42.2 Å². The number of anilines is 1. The molecule has 8 nitrogen and oxygen atoms in total. The Kier molecular flexibility index (Phi) is 5.82. The summed E-state index contributed by atoms with van der Waals surface area (Å²) in [5.74, 6) is -2.38. The minimum absolute atomic E-state index is 0.0521. The molecule has 2 aromatic rings. The topological polar surface area (TPSA) is 103 Å². The number of hydrogen-bond donors (Lipinski definition) is 4. The fourth-order valence-electron chi connectivity index (χ4n) is 4.96. The fraction of sp³-hybridized carbons (Fsp3) is 0.375. The number of nitrogens with one attached hydrogen (secondary N) is 4. The van der Waals surface area contributed by atoms with Crippen LogP contribution in [-0.2, 0) is 27.3 Å². The van der Waals surface area contributed by atoms with E-state index in [0.717, 1.165) is 18.5 Å². The molecule has 0 saturated carbocycles. The number of piperidine rings is 1. The Hall–Kier alpha value is -2.94. The third-order valence-electron chi connectivity index (χ3n) is 6.82. The lowest BCUT2D eigenvalue weighted by atomic mass is 9.81. The van der Waals surface area contributed by atoms with Crippen LogP contribution in [0.1, 0.15) is 23.1 Å². The summed E-state index contributed by atoms with van der Waals surface area (Å²) in [6, 6.07) is 13.5. The molecule has 2 aromatic carbocycles. The molecule has 0 bridgehead atoms. The first-order chi connectivity index (χ1) is 15.9. The van der Waals surface area contributed by atoms with Crippen molar-refractivity contribution in [3.63, 3.8) is 0 Å². The highest BCUT2D eigenvalue weighted by Crippen LogP contribution is 2.30. The van der Waals surface area contributed by atoms with Crippen molar-refractivity contribution in [3.8, 4) is 0 Å². The average Bonchev–Trinajstić information content (AvgIpc) is 2.80. The smallest absolute Gasteiger partial charge is 0.229 e. The van der Waals surface area contributed by atoms with Gasteiger partial charge in [0.2, 0.25) is 17.7 Å². The second kappa shape index (κ2) is 8.78.